The van der Waals surface area contributed by atoms with Crippen LogP contribution in [0.5, 0.6) is 0 Å². The molecular formula is C29H33Cl2N5O2. The van der Waals surface area contributed by atoms with E-state index in [9.17, 15) is 14.9 Å². The van der Waals surface area contributed by atoms with Crippen LogP contribution in [0.4, 0.5) is 0 Å². The molecule has 2 fully saturated rings. The first-order valence-corrected chi connectivity index (χ1v) is 14.1. The molecule has 3 aliphatic heterocycles. The number of nitrogens with two attached hydrogens (primary N) is 1. The van der Waals surface area contributed by atoms with Crippen molar-refractivity contribution in [2.75, 3.05) is 19.6 Å². The summed E-state index contributed by atoms with van der Waals surface area (Å²) in [5.74, 6) is -0.269. The first kappa shape index (κ1) is 27.0. The third-order valence-corrected chi connectivity index (χ3v) is 8.96. The van der Waals surface area contributed by atoms with E-state index in [1.165, 1.54) is 5.56 Å². The number of aryl methyl sites for hydroxylation is 1. The number of hydrogen-bond acceptors (Lipinski definition) is 5. The quantitative estimate of drug-likeness (QED) is 0.587. The number of halogens is 2. The molecule has 4 atom stereocenters. The number of hydrogen-bond donors (Lipinski definition) is 1. The number of nitrogens with zero attached hydrogens (tertiary/aromatic N) is 4. The molecule has 0 bridgehead atoms. The molecule has 200 valence electrons. The highest BCUT2D eigenvalue weighted by atomic mass is 35.5. The maximum Gasteiger partial charge on any atom is 0.246 e. The van der Waals surface area contributed by atoms with Gasteiger partial charge < -0.3 is 15.5 Å². The van der Waals surface area contributed by atoms with E-state index in [1.807, 2.05) is 30.3 Å². The molecule has 2 N–H and O–H groups in total. The molecule has 2 aromatic carbocycles. The zero-order chi connectivity index (χ0) is 26.8. The largest absolute Gasteiger partial charge is 0.336 e. The van der Waals surface area contributed by atoms with Gasteiger partial charge in [-0.25, -0.2) is 0 Å². The fourth-order valence-electron chi connectivity index (χ4n) is 6.26. The van der Waals surface area contributed by atoms with E-state index in [-0.39, 0.29) is 36.4 Å². The van der Waals surface area contributed by atoms with Gasteiger partial charge in [0.05, 0.1) is 28.6 Å². The number of carbonyl (C=O) groups is 2. The maximum absolute atomic E-state index is 13.9. The monoisotopic (exact) mass is 553 g/mol. The number of rotatable bonds is 6. The number of fused-ring (bicyclic) bond motifs is 2. The smallest absolute Gasteiger partial charge is 0.246 e. The van der Waals surface area contributed by atoms with E-state index in [0.29, 0.717) is 49.1 Å². The zero-order valence-corrected chi connectivity index (χ0v) is 22.9. The van der Waals surface area contributed by atoms with Crippen LogP contribution in [0.3, 0.4) is 0 Å². The molecule has 0 radical (unpaired) electrons. The standard InChI is InChI=1S/C29H33Cl2N5O2/c30-24-14-20-9-12-34(17-21(20)15-25(24)31)28(37)26(8-11-32)35-13-10-23(7-6-19-4-2-1-3-5-19)36-18-22(33)16-27(36)29(35)38/h1-5,14-15,22-23,26-27H,6-10,12-13,16-18,33H2/t22-,23?,26-,27+/m1/s1. The predicted molar refractivity (Wildman–Crippen MR) is 148 cm³/mol. The van der Waals surface area contributed by atoms with Crippen molar-refractivity contribution in [1.82, 2.24) is 14.7 Å². The van der Waals surface area contributed by atoms with Gasteiger partial charge in [-0.1, -0.05) is 53.5 Å². The molecule has 2 amide bonds. The molecule has 3 heterocycles. The summed E-state index contributed by atoms with van der Waals surface area (Å²) in [6.45, 7) is 2.01. The lowest BCUT2D eigenvalue weighted by Crippen LogP contribution is -2.54. The minimum Gasteiger partial charge on any atom is -0.336 e. The van der Waals surface area contributed by atoms with Crippen LogP contribution in [-0.4, -0.2) is 70.3 Å². The van der Waals surface area contributed by atoms with Crippen LogP contribution in [0.15, 0.2) is 42.5 Å². The Labute approximate surface area is 234 Å². The first-order chi connectivity index (χ1) is 18.4. The molecule has 0 aliphatic carbocycles. The predicted octanol–water partition coefficient (Wildman–Crippen LogP) is 3.80. The van der Waals surface area contributed by atoms with Crippen LogP contribution >= 0.6 is 23.2 Å². The normalized spacial score (nSPS) is 24.4. The Morgan fingerprint density at radius 1 is 1.13 bits per heavy atom. The van der Waals surface area contributed by atoms with Crippen molar-refractivity contribution < 1.29 is 9.59 Å². The number of amides is 2. The van der Waals surface area contributed by atoms with E-state index in [4.69, 9.17) is 28.9 Å². The van der Waals surface area contributed by atoms with Crippen molar-refractivity contribution in [2.24, 2.45) is 5.73 Å². The molecule has 2 saturated heterocycles. The minimum absolute atomic E-state index is 0.0389. The van der Waals surface area contributed by atoms with Gasteiger partial charge in [0, 0.05) is 38.3 Å². The highest BCUT2D eigenvalue weighted by molar-refractivity contribution is 6.42. The molecule has 0 aromatic heterocycles. The second-order valence-electron chi connectivity index (χ2n) is 10.6. The Bertz CT molecular complexity index is 1230. The molecule has 1 unspecified atom stereocenters. The minimum atomic E-state index is -0.816. The van der Waals surface area contributed by atoms with Gasteiger partial charge in [-0.3, -0.25) is 14.5 Å². The molecule has 38 heavy (non-hydrogen) atoms. The zero-order valence-electron chi connectivity index (χ0n) is 21.4. The van der Waals surface area contributed by atoms with Crippen molar-refractivity contribution in [3.05, 3.63) is 69.2 Å². The van der Waals surface area contributed by atoms with Crippen molar-refractivity contribution in [2.45, 2.75) is 69.2 Å². The van der Waals surface area contributed by atoms with Gasteiger partial charge in [0.2, 0.25) is 11.8 Å². The van der Waals surface area contributed by atoms with Gasteiger partial charge in [0.1, 0.15) is 6.04 Å². The Morgan fingerprint density at radius 3 is 2.61 bits per heavy atom. The van der Waals surface area contributed by atoms with E-state index >= 15 is 0 Å². The van der Waals surface area contributed by atoms with E-state index < -0.39 is 6.04 Å². The molecule has 3 aliphatic rings. The van der Waals surface area contributed by atoms with Gasteiger partial charge in [-0.2, -0.15) is 5.26 Å². The van der Waals surface area contributed by atoms with Crippen LogP contribution in [0.2, 0.25) is 10.0 Å². The number of carbonyl (C=O) groups excluding carboxylic acids is 2. The van der Waals surface area contributed by atoms with Crippen LogP contribution in [0.25, 0.3) is 0 Å². The van der Waals surface area contributed by atoms with Gasteiger partial charge in [-0.05, 0) is 60.9 Å². The molecular weight excluding hydrogens is 521 g/mol. The van der Waals surface area contributed by atoms with Gasteiger partial charge in [0.15, 0.2) is 0 Å². The average Bonchev–Trinajstić information content (AvgIpc) is 3.26. The maximum atomic E-state index is 13.9. The van der Waals surface area contributed by atoms with Crippen molar-refractivity contribution >= 4 is 35.0 Å². The lowest BCUT2D eigenvalue weighted by Gasteiger charge is -2.36. The Balaban J connectivity index is 1.35. The molecule has 0 spiro atoms. The van der Waals surface area contributed by atoms with Crippen LogP contribution in [0, 0.1) is 11.3 Å². The second kappa shape index (κ2) is 11.6. The highest BCUT2D eigenvalue weighted by Crippen LogP contribution is 2.32. The van der Waals surface area contributed by atoms with Gasteiger partial charge >= 0.3 is 0 Å². The van der Waals surface area contributed by atoms with Crippen LogP contribution < -0.4 is 5.73 Å². The van der Waals surface area contributed by atoms with Crippen LogP contribution in [-0.2, 0) is 29.0 Å². The Hall–Kier alpha value is -2.63. The summed E-state index contributed by atoms with van der Waals surface area (Å²) >= 11 is 12.4. The summed E-state index contributed by atoms with van der Waals surface area (Å²) in [4.78, 5) is 33.4. The SMILES string of the molecule is N#CC[C@H](C(=O)N1CCc2cc(Cl)c(Cl)cc2C1)N1CCC(CCc2ccccc2)N2C[C@H](N)C[C@H]2C1=O. The third-order valence-electron chi connectivity index (χ3n) is 8.23. The van der Waals surface area contributed by atoms with E-state index in [2.05, 4.69) is 23.1 Å². The van der Waals surface area contributed by atoms with Crippen LogP contribution in [0.1, 0.15) is 42.4 Å². The average molecular weight is 555 g/mol. The van der Waals surface area contributed by atoms with Gasteiger partial charge in [-0.15, -0.1) is 0 Å². The molecule has 9 heteroatoms. The fraction of sp³-hybridized carbons (Fsp3) is 0.483. The molecule has 0 saturated carbocycles. The van der Waals surface area contributed by atoms with Crippen molar-refractivity contribution in [3.8, 4) is 6.07 Å². The highest BCUT2D eigenvalue weighted by Gasteiger charge is 2.46. The summed E-state index contributed by atoms with van der Waals surface area (Å²) in [5, 5.41) is 10.6. The molecule has 2 aromatic rings. The first-order valence-electron chi connectivity index (χ1n) is 13.3. The summed E-state index contributed by atoms with van der Waals surface area (Å²) in [6.07, 6.45) is 3.76. The topological polar surface area (TPSA) is 93.7 Å². The lowest BCUT2D eigenvalue weighted by atomic mass is 9.98. The molecule has 5 rings (SSSR count). The molecule has 7 nitrogen and oxygen atoms in total. The summed E-state index contributed by atoms with van der Waals surface area (Å²) in [5.41, 5.74) is 9.63. The fourth-order valence-corrected chi connectivity index (χ4v) is 6.63. The summed E-state index contributed by atoms with van der Waals surface area (Å²) < 4.78 is 0. The Morgan fingerprint density at radius 2 is 1.87 bits per heavy atom. The summed E-state index contributed by atoms with van der Waals surface area (Å²) in [7, 11) is 0. The second-order valence-corrected chi connectivity index (χ2v) is 11.4. The number of nitriles is 1. The lowest BCUT2D eigenvalue weighted by molar-refractivity contribution is -0.147. The number of benzene rings is 2. The van der Waals surface area contributed by atoms with Crippen molar-refractivity contribution in [3.63, 3.8) is 0 Å². The van der Waals surface area contributed by atoms with Gasteiger partial charge in [0.25, 0.3) is 0 Å². The summed E-state index contributed by atoms with van der Waals surface area (Å²) in [6, 6.07) is 15.1. The van der Waals surface area contributed by atoms with E-state index in [0.717, 1.165) is 30.4 Å². The third kappa shape index (κ3) is 5.55. The Kier molecular flexibility index (Phi) is 8.25. The van der Waals surface area contributed by atoms with E-state index in [1.54, 1.807) is 9.80 Å². The van der Waals surface area contributed by atoms with Crippen molar-refractivity contribution in [1.29, 1.82) is 5.26 Å².